The lowest BCUT2D eigenvalue weighted by Gasteiger charge is -2.15. The summed E-state index contributed by atoms with van der Waals surface area (Å²) in [6.07, 6.45) is 1.56. The average molecular weight is 220 g/mol. The van der Waals surface area contributed by atoms with Gasteiger partial charge in [-0.2, -0.15) is 0 Å². The summed E-state index contributed by atoms with van der Waals surface area (Å²) >= 11 is 1.68. The van der Waals surface area contributed by atoms with Crippen molar-refractivity contribution < 1.29 is 0 Å². The van der Waals surface area contributed by atoms with Crippen LogP contribution in [0.5, 0.6) is 0 Å². The number of thiophene rings is 1. The van der Waals surface area contributed by atoms with E-state index in [2.05, 4.69) is 21.4 Å². The van der Waals surface area contributed by atoms with Crippen LogP contribution in [0, 0.1) is 0 Å². The summed E-state index contributed by atoms with van der Waals surface area (Å²) in [6.45, 7) is 0. The SMILES string of the molecule is CNc1cc(N(C)c2cccs2)ncn1. The topological polar surface area (TPSA) is 41.0 Å². The third-order valence-electron chi connectivity index (χ3n) is 2.09. The second-order valence-electron chi connectivity index (χ2n) is 3.02. The molecule has 2 aromatic heterocycles. The molecule has 1 N–H and O–H groups in total. The van der Waals surface area contributed by atoms with Crippen molar-refractivity contribution in [1.29, 1.82) is 0 Å². The molecule has 2 aromatic rings. The molecule has 5 heteroatoms. The first-order chi connectivity index (χ1) is 7.31. The quantitative estimate of drug-likeness (QED) is 0.862. The van der Waals surface area contributed by atoms with E-state index in [9.17, 15) is 0 Å². The minimum atomic E-state index is 0.823. The second kappa shape index (κ2) is 4.27. The molecule has 2 rings (SSSR count). The highest BCUT2D eigenvalue weighted by atomic mass is 32.1. The van der Waals surface area contributed by atoms with Crippen molar-refractivity contribution >= 4 is 28.0 Å². The van der Waals surface area contributed by atoms with Crippen molar-refractivity contribution in [2.45, 2.75) is 0 Å². The highest BCUT2D eigenvalue weighted by Gasteiger charge is 2.06. The Morgan fingerprint density at radius 1 is 1.40 bits per heavy atom. The Morgan fingerprint density at radius 2 is 2.27 bits per heavy atom. The Hall–Kier alpha value is -1.62. The van der Waals surface area contributed by atoms with Crippen LogP contribution in [-0.4, -0.2) is 24.1 Å². The fourth-order valence-corrected chi connectivity index (χ4v) is 1.95. The smallest absolute Gasteiger partial charge is 0.138 e. The molecule has 0 unspecified atom stereocenters. The lowest BCUT2D eigenvalue weighted by atomic mass is 10.4. The van der Waals surface area contributed by atoms with Crippen LogP contribution in [0.3, 0.4) is 0 Å². The van der Waals surface area contributed by atoms with Gasteiger partial charge in [-0.3, -0.25) is 0 Å². The Morgan fingerprint density at radius 3 is 2.93 bits per heavy atom. The van der Waals surface area contributed by atoms with Crippen molar-refractivity contribution in [2.24, 2.45) is 0 Å². The van der Waals surface area contributed by atoms with Gasteiger partial charge >= 0.3 is 0 Å². The van der Waals surface area contributed by atoms with E-state index in [0.717, 1.165) is 16.6 Å². The average Bonchev–Trinajstić information content (AvgIpc) is 2.81. The normalized spacial score (nSPS) is 10.0. The van der Waals surface area contributed by atoms with Crippen LogP contribution in [0.2, 0.25) is 0 Å². The number of anilines is 3. The van der Waals surface area contributed by atoms with Gasteiger partial charge in [0.15, 0.2) is 0 Å². The van der Waals surface area contributed by atoms with Crippen LogP contribution in [0.4, 0.5) is 16.6 Å². The van der Waals surface area contributed by atoms with Crippen LogP contribution in [0.1, 0.15) is 0 Å². The fraction of sp³-hybridized carbons (Fsp3) is 0.200. The van der Waals surface area contributed by atoms with Gasteiger partial charge in [-0.05, 0) is 17.5 Å². The molecule has 0 atom stereocenters. The molecule has 0 aliphatic heterocycles. The summed E-state index contributed by atoms with van der Waals surface area (Å²) in [6, 6.07) is 6.00. The van der Waals surface area contributed by atoms with E-state index < -0.39 is 0 Å². The van der Waals surface area contributed by atoms with Gasteiger partial charge in [-0.15, -0.1) is 11.3 Å². The number of hydrogen-bond acceptors (Lipinski definition) is 5. The van der Waals surface area contributed by atoms with Crippen LogP contribution in [0.25, 0.3) is 0 Å². The molecule has 0 aliphatic rings. The summed E-state index contributed by atoms with van der Waals surface area (Å²) in [4.78, 5) is 10.3. The third-order valence-corrected chi connectivity index (χ3v) is 3.03. The van der Waals surface area contributed by atoms with Crippen molar-refractivity contribution in [3.63, 3.8) is 0 Å². The van der Waals surface area contributed by atoms with E-state index in [1.165, 1.54) is 0 Å². The van der Waals surface area contributed by atoms with E-state index in [0.29, 0.717) is 0 Å². The lowest BCUT2D eigenvalue weighted by molar-refractivity contribution is 1.09. The minimum absolute atomic E-state index is 0.823. The minimum Gasteiger partial charge on any atom is -0.373 e. The standard InChI is InChI=1S/C10H12N4S/c1-11-8-6-9(13-7-12-8)14(2)10-4-3-5-15-10/h3-7H,1-2H3,(H,11,12,13). The molecule has 4 nitrogen and oxygen atoms in total. The number of hydrogen-bond donors (Lipinski definition) is 1. The van der Waals surface area contributed by atoms with Crippen molar-refractivity contribution in [3.05, 3.63) is 29.9 Å². The molecule has 78 valence electrons. The van der Waals surface area contributed by atoms with Gasteiger partial charge < -0.3 is 10.2 Å². The highest BCUT2D eigenvalue weighted by Crippen LogP contribution is 2.26. The monoisotopic (exact) mass is 220 g/mol. The molecular weight excluding hydrogens is 208 g/mol. The van der Waals surface area contributed by atoms with Crippen molar-refractivity contribution in [2.75, 3.05) is 24.3 Å². The molecule has 0 amide bonds. The van der Waals surface area contributed by atoms with E-state index in [-0.39, 0.29) is 0 Å². The number of nitrogens with zero attached hydrogens (tertiary/aromatic N) is 3. The molecule has 0 bridgehead atoms. The van der Waals surface area contributed by atoms with Crippen LogP contribution < -0.4 is 10.2 Å². The number of rotatable bonds is 3. The lowest BCUT2D eigenvalue weighted by Crippen LogP contribution is -2.10. The molecule has 0 aliphatic carbocycles. The van der Waals surface area contributed by atoms with E-state index in [1.807, 2.05) is 36.5 Å². The van der Waals surface area contributed by atoms with Gasteiger partial charge in [0.25, 0.3) is 0 Å². The Kier molecular flexibility index (Phi) is 2.82. The molecule has 0 radical (unpaired) electrons. The Labute approximate surface area is 92.6 Å². The summed E-state index contributed by atoms with van der Waals surface area (Å²) in [5, 5.41) is 6.20. The molecule has 0 saturated heterocycles. The maximum atomic E-state index is 4.22. The molecule has 0 aromatic carbocycles. The van der Waals surface area contributed by atoms with Gasteiger partial charge in [-0.25, -0.2) is 9.97 Å². The van der Waals surface area contributed by atoms with Gasteiger partial charge in [0, 0.05) is 20.2 Å². The Balaban J connectivity index is 2.29. The predicted molar refractivity (Wildman–Crippen MR) is 64.0 cm³/mol. The zero-order chi connectivity index (χ0) is 10.7. The molecule has 0 spiro atoms. The molecule has 15 heavy (non-hydrogen) atoms. The van der Waals surface area contributed by atoms with Crippen molar-refractivity contribution in [3.8, 4) is 0 Å². The first kappa shape index (κ1) is 9.92. The highest BCUT2D eigenvalue weighted by molar-refractivity contribution is 7.14. The van der Waals surface area contributed by atoms with Crippen LogP contribution >= 0.6 is 11.3 Å². The van der Waals surface area contributed by atoms with E-state index in [1.54, 1.807) is 17.7 Å². The van der Waals surface area contributed by atoms with Gasteiger partial charge in [0.2, 0.25) is 0 Å². The largest absolute Gasteiger partial charge is 0.373 e. The Bertz CT molecular complexity index is 427. The number of aromatic nitrogens is 2. The first-order valence-electron chi connectivity index (χ1n) is 4.58. The van der Waals surface area contributed by atoms with E-state index in [4.69, 9.17) is 0 Å². The van der Waals surface area contributed by atoms with Gasteiger partial charge in [-0.1, -0.05) is 0 Å². The fourth-order valence-electron chi connectivity index (χ4n) is 1.24. The zero-order valence-corrected chi connectivity index (χ0v) is 9.45. The van der Waals surface area contributed by atoms with Crippen molar-refractivity contribution in [1.82, 2.24) is 9.97 Å². The first-order valence-corrected chi connectivity index (χ1v) is 5.46. The summed E-state index contributed by atoms with van der Waals surface area (Å²) < 4.78 is 0. The predicted octanol–water partition coefficient (Wildman–Crippen LogP) is 2.35. The molecule has 2 heterocycles. The summed E-state index contributed by atoms with van der Waals surface area (Å²) in [7, 11) is 3.84. The zero-order valence-electron chi connectivity index (χ0n) is 8.64. The third kappa shape index (κ3) is 2.07. The summed E-state index contributed by atoms with van der Waals surface area (Å²) in [5.74, 6) is 1.71. The van der Waals surface area contributed by atoms with Gasteiger partial charge in [0.1, 0.15) is 18.0 Å². The molecule has 0 fully saturated rings. The maximum Gasteiger partial charge on any atom is 0.138 e. The molecular formula is C10H12N4S. The summed E-state index contributed by atoms with van der Waals surface area (Å²) in [5.41, 5.74) is 0. The second-order valence-corrected chi connectivity index (χ2v) is 3.95. The maximum absolute atomic E-state index is 4.22. The van der Waals surface area contributed by atoms with E-state index >= 15 is 0 Å². The van der Waals surface area contributed by atoms with Gasteiger partial charge in [0.05, 0.1) is 5.00 Å². The van der Waals surface area contributed by atoms with Crippen LogP contribution in [0.15, 0.2) is 29.9 Å². The molecule has 0 saturated carbocycles. The van der Waals surface area contributed by atoms with Crippen LogP contribution in [-0.2, 0) is 0 Å². The number of nitrogens with one attached hydrogen (secondary N) is 1.